The number of aromatic nitrogens is 1. The molecule has 1 aromatic heterocycles. The predicted molar refractivity (Wildman–Crippen MR) is 132 cm³/mol. The van der Waals surface area contributed by atoms with Crippen molar-refractivity contribution in [2.45, 2.75) is 38.1 Å². The molecule has 2 aliphatic rings. The van der Waals surface area contributed by atoms with Gasteiger partial charge in [-0.2, -0.15) is 5.26 Å². The molecule has 0 radical (unpaired) electrons. The molecule has 0 atom stereocenters. The molecule has 1 saturated carbocycles. The van der Waals surface area contributed by atoms with Crippen LogP contribution in [0, 0.1) is 11.3 Å². The largest absolute Gasteiger partial charge is 0.404 e. The van der Waals surface area contributed by atoms with E-state index in [2.05, 4.69) is 35.0 Å². The zero-order valence-electron chi connectivity index (χ0n) is 18.9. The molecule has 8 nitrogen and oxygen atoms in total. The summed E-state index contributed by atoms with van der Waals surface area (Å²) < 4.78 is 2.02. The van der Waals surface area contributed by atoms with Crippen LogP contribution in [0.5, 0.6) is 0 Å². The molecule has 172 valence electrons. The van der Waals surface area contributed by atoms with E-state index < -0.39 is 0 Å². The number of anilines is 1. The lowest BCUT2D eigenvalue weighted by molar-refractivity contribution is -0.130. The maximum atomic E-state index is 12.0. The van der Waals surface area contributed by atoms with Gasteiger partial charge in [-0.25, -0.2) is 4.99 Å². The van der Waals surface area contributed by atoms with Crippen molar-refractivity contribution in [3.05, 3.63) is 55.1 Å². The van der Waals surface area contributed by atoms with E-state index in [1.165, 1.54) is 19.0 Å². The number of benzene rings is 1. The van der Waals surface area contributed by atoms with Gasteiger partial charge in [-0.1, -0.05) is 25.5 Å². The molecular weight excluding hydrogens is 414 g/mol. The van der Waals surface area contributed by atoms with Crippen molar-refractivity contribution in [2.24, 2.45) is 10.7 Å². The fraction of sp³-hybridized carbons (Fsp3) is 0.400. The maximum Gasteiger partial charge on any atom is 0.236 e. The molecule has 8 heteroatoms. The summed E-state index contributed by atoms with van der Waals surface area (Å²) in [4.78, 5) is 20.8. The fourth-order valence-corrected chi connectivity index (χ4v) is 4.74. The fourth-order valence-electron chi connectivity index (χ4n) is 4.74. The Kier molecular flexibility index (Phi) is 6.98. The number of nitrogens with one attached hydrogen (secondary N) is 1. The SMILES string of the molecule is C=C(/N=C(\C=C/N)n1ccc2c(N3CCN(C(=O)CC#N)CC3)cccc21)NC1CCCC1. The third kappa shape index (κ3) is 5.03. The monoisotopic (exact) mass is 445 g/mol. The van der Waals surface area contributed by atoms with Gasteiger partial charge in [0.25, 0.3) is 0 Å². The number of carbonyl (C=O) groups is 1. The lowest BCUT2D eigenvalue weighted by atomic mass is 10.1. The smallest absolute Gasteiger partial charge is 0.236 e. The number of carbonyl (C=O) groups excluding carboxylic acids is 1. The van der Waals surface area contributed by atoms with Crippen molar-refractivity contribution in [3.8, 4) is 6.07 Å². The van der Waals surface area contributed by atoms with E-state index in [4.69, 9.17) is 16.0 Å². The standard InChI is InChI=1S/C25H31N7O/c1-19(28-20-5-2-3-6-20)29-24(9-12-26)32-14-11-21-22(7-4-8-23(21)32)30-15-17-31(18-16-30)25(33)10-13-27/h4,7-9,11-12,14,20,28H,1-3,5-6,10,15-18,26H2/b12-9-,29-24+. The second kappa shape index (κ2) is 10.3. The molecular formula is C25H31N7O. The molecule has 2 fully saturated rings. The number of hydrogen-bond donors (Lipinski definition) is 2. The van der Waals surface area contributed by atoms with Gasteiger partial charge >= 0.3 is 0 Å². The molecule has 1 aromatic carbocycles. The Balaban J connectivity index is 1.56. The third-order valence-electron chi connectivity index (χ3n) is 6.38. The molecule has 2 heterocycles. The summed E-state index contributed by atoms with van der Waals surface area (Å²) in [7, 11) is 0. The lowest BCUT2D eigenvalue weighted by Crippen LogP contribution is -2.48. The first-order valence-electron chi connectivity index (χ1n) is 11.5. The summed E-state index contributed by atoms with van der Waals surface area (Å²) in [5, 5.41) is 13.3. The number of nitrogens with zero attached hydrogens (tertiary/aromatic N) is 5. The van der Waals surface area contributed by atoms with Crippen molar-refractivity contribution in [1.82, 2.24) is 14.8 Å². The van der Waals surface area contributed by atoms with Crippen LogP contribution in [0.25, 0.3) is 10.9 Å². The Morgan fingerprint density at radius 3 is 2.70 bits per heavy atom. The van der Waals surface area contributed by atoms with E-state index in [9.17, 15) is 4.79 Å². The minimum absolute atomic E-state index is 0.0594. The molecule has 33 heavy (non-hydrogen) atoms. The van der Waals surface area contributed by atoms with Crippen molar-refractivity contribution in [1.29, 1.82) is 5.26 Å². The van der Waals surface area contributed by atoms with Gasteiger partial charge in [-0.05, 0) is 43.3 Å². The van der Waals surface area contributed by atoms with Gasteiger partial charge in [0.05, 0.1) is 11.6 Å². The van der Waals surface area contributed by atoms with Crippen LogP contribution < -0.4 is 16.0 Å². The number of nitriles is 1. The highest BCUT2D eigenvalue weighted by Crippen LogP contribution is 2.29. The molecule has 2 aromatic rings. The first-order chi connectivity index (χ1) is 16.1. The zero-order valence-corrected chi connectivity index (χ0v) is 18.9. The number of nitrogens with two attached hydrogens (primary N) is 1. The van der Waals surface area contributed by atoms with Crippen molar-refractivity contribution in [2.75, 3.05) is 31.1 Å². The molecule has 1 aliphatic heterocycles. The van der Waals surface area contributed by atoms with Gasteiger partial charge in [0, 0.05) is 49.5 Å². The van der Waals surface area contributed by atoms with Gasteiger partial charge in [0.2, 0.25) is 5.91 Å². The first kappa shape index (κ1) is 22.5. The minimum atomic E-state index is -0.0950. The summed E-state index contributed by atoms with van der Waals surface area (Å²) in [6, 6.07) is 10.7. The van der Waals surface area contributed by atoms with Gasteiger partial charge in [-0.15, -0.1) is 0 Å². The van der Waals surface area contributed by atoms with Crippen LogP contribution in [0.4, 0.5) is 5.69 Å². The number of allylic oxidation sites excluding steroid dienone is 1. The lowest BCUT2D eigenvalue weighted by Gasteiger charge is -2.36. The minimum Gasteiger partial charge on any atom is -0.404 e. The number of hydrogen-bond acceptors (Lipinski definition) is 6. The van der Waals surface area contributed by atoms with E-state index in [0.717, 1.165) is 42.5 Å². The Hall–Kier alpha value is -3.73. The van der Waals surface area contributed by atoms with Gasteiger partial charge in [-0.3, -0.25) is 4.79 Å². The average Bonchev–Trinajstić information content (AvgIpc) is 3.49. The molecule has 3 N–H and O–H groups in total. The molecule has 0 bridgehead atoms. The zero-order chi connectivity index (χ0) is 23.2. The first-order valence-corrected chi connectivity index (χ1v) is 11.5. The maximum absolute atomic E-state index is 12.0. The second-order valence-corrected chi connectivity index (χ2v) is 8.50. The highest BCUT2D eigenvalue weighted by atomic mass is 16.2. The summed E-state index contributed by atoms with van der Waals surface area (Å²) in [6.07, 6.45) is 10.0. The van der Waals surface area contributed by atoms with Gasteiger partial charge in [0.15, 0.2) is 0 Å². The summed E-state index contributed by atoms with van der Waals surface area (Å²) in [5.41, 5.74) is 7.89. The van der Waals surface area contributed by atoms with E-state index >= 15 is 0 Å². The Morgan fingerprint density at radius 1 is 1.24 bits per heavy atom. The third-order valence-corrected chi connectivity index (χ3v) is 6.38. The molecule has 1 amide bonds. The van der Waals surface area contributed by atoms with Crippen LogP contribution in [0.15, 0.2) is 60.1 Å². The van der Waals surface area contributed by atoms with Crippen molar-refractivity contribution < 1.29 is 4.79 Å². The van der Waals surface area contributed by atoms with Gasteiger partial charge in [0.1, 0.15) is 18.1 Å². The van der Waals surface area contributed by atoms with Crippen LogP contribution in [0.1, 0.15) is 32.1 Å². The molecule has 0 unspecified atom stereocenters. The average molecular weight is 446 g/mol. The van der Waals surface area contributed by atoms with E-state index in [0.29, 0.717) is 30.8 Å². The predicted octanol–water partition coefficient (Wildman–Crippen LogP) is 2.93. The van der Waals surface area contributed by atoms with Crippen LogP contribution in [-0.2, 0) is 4.79 Å². The summed E-state index contributed by atoms with van der Waals surface area (Å²) in [5.74, 6) is 1.25. The molecule has 1 saturated heterocycles. The topological polar surface area (TPSA) is 103 Å². The van der Waals surface area contributed by atoms with Crippen LogP contribution in [-0.4, -0.2) is 53.4 Å². The van der Waals surface area contributed by atoms with Crippen LogP contribution >= 0.6 is 0 Å². The summed E-state index contributed by atoms with van der Waals surface area (Å²) >= 11 is 0. The highest BCUT2D eigenvalue weighted by molar-refractivity contribution is 6.04. The quantitative estimate of drug-likeness (QED) is 0.526. The van der Waals surface area contributed by atoms with E-state index in [1.54, 1.807) is 11.0 Å². The Bertz CT molecular complexity index is 1110. The van der Waals surface area contributed by atoms with Crippen LogP contribution in [0.2, 0.25) is 0 Å². The number of amides is 1. The number of aliphatic imine (C=N–C) groups is 1. The normalized spacial score (nSPS) is 17.6. The summed E-state index contributed by atoms with van der Waals surface area (Å²) in [6.45, 7) is 6.80. The Morgan fingerprint density at radius 2 is 2.00 bits per heavy atom. The van der Waals surface area contributed by atoms with Gasteiger partial charge < -0.3 is 25.4 Å². The van der Waals surface area contributed by atoms with Crippen LogP contribution in [0.3, 0.4) is 0 Å². The van der Waals surface area contributed by atoms with Crippen molar-refractivity contribution >= 4 is 28.3 Å². The highest BCUT2D eigenvalue weighted by Gasteiger charge is 2.22. The molecule has 0 spiro atoms. The Labute approximate surface area is 194 Å². The van der Waals surface area contributed by atoms with Crippen molar-refractivity contribution in [3.63, 3.8) is 0 Å². The number of rotatable bonds is 6. The molecule has 1 aliphatic carbocycles. The van der Waals surface area contributed by atoms with E-state index in [1.807, 2.05) is 22.9 Å². The molecule has 4 rings (SSSR count). The number of fused-ring (bicyclic) bond motifs is 1. The second-order valence-electron chi connectivity index (χ2n) is 8.50. The number of piperazine rings is 1. The van der Waals surface area contributed by atoms with E-state index in [-0.39, 0.29) is 12.3 Å².